The molecule has 1 aliphatic heterocycles. The van der Waals surface area contributed by atoms with Crippen LogP contribution in [0.5, 0.6) is 0 Å². The van der Waals surface area contributed by atoms with E-state index in [0.717, 1.165) is 11.1 Å². The lowest BCUT2D eigenvalue weighted by Gasteiger charge is -2.67. The summed E-state index contributed by atoms with van der Waals surface area (Å²) in [7, 11) is 0. The summed E-state index contributed by atoms with van der Waals surface area (Å²) in [6.45, 7) is 16.4. The minimum absolute atomic E-state index is 0.124. The first-order chi connectivity index (χ1) is 21.4. The number of carbonyl (C=O) groups is 4. The number of rotatable bonds is 7. The molecule has 0 radical (unpaired) electrons. The fourth-order valence-corrected chi connectivity index (χ4v) is 10.0. The van der Waals surface area contributed by atoms with Crippen LogP contribution in [0.1, 0.15) is 106 Å². The second-order valence-corrected chi connectivity index (χ2v) is 15.2. The molecule has 254 valence electrons. The number of cyclic esters (lactones) is 1. The fraction of sp³-hybridized carbons (Fsp3) is 0.722. The van der Waals surface area contributed by atoms with E-state index in [0.29, 0.717) is 25.7 Å². The van der Waals surface area contributed by atoms with Crippen molar-refractivity contribution in [2.24, 2.45) is 34.0 Å². The number of allylic oxidation sites excluding steroid dienone is 1. The Bertz CT molecular complexity index is 1400. The number of furan rings is 1. The zero-order chi connectivity index (χ0) is 34.0. The summed E-state index contributed by atoms with van der Waals surface area (Å²) in [5, 5.41) is 11.0. The largest absolute Gasteiger partial charge is 0.472 e. The molecule has 4 aliphatic rings. The average Bonchev–Trinajstić information content (AvgIpc) is 3.60. The molecule has 0 unspecified atom stereocenters. The van der Waals surface area contributed by atoms with Gasteiger partial charge in [0.25, 0.3) is 0 Å². The van der Waals surface area contributed by atoms with E-state index in [1.807, 2.05) is 40.7 Å². The summed E-state index contributed by atoms with van der Waals surface area (Å²) in [6, 6.07) is 1.92. The predicted octanol–water partition coefficient (Wildman–Crippen LogP) is 5.66. The van der Waals surface area contributed by atoms with Crippen LogP contribution in [0, 0.1) is 34.0 Å². The maximum Gasteiger partial charge on any atom is 0.335 e. The maximum atomic E-state index is 13.6. The van der Waals surface area contributed by atoms with E-state index < -0.39 is 82.0 Å². The van der Waals surface area contributed by atoms with Gasteiger partial charge in [-0.15, -0.1) is 0 Å². The zero-order valence-electron chi connectivity index (χ0n) is 28.6. The topological polar surface area (TPSA) is 139 Å². The van der Waals surface area contributed by atoms with Crippen molar-refractivity contribution in [3.05, 3.63) is 35.8 Å². The Morgan fingerprint density at radius 3 is 2.15 bits per heavy atom. The lowest BCUT2D eigenvalue weighted by molar-refractivity contribution is -0.239. The monoisotopic (exact) mass is 642 g/mol. The first kappa shape index (κ1) is 34.2. The number of hydrogen-bond donors (Lipinski definition) is 1. The van der Waals surface area contributed by atoms with Crippen molar-refractivity contribution in [2.75, 3.05) is 0 Å². The van der Waals surface area contributed by atoms with E-state index in [-0.39, 0.29) is 18.3 Å². The normalized spacial score (nSPS) is 39.3. The second kappa shape index (κ2) is 11.8. The third-order valence-corrected chi connectivity index (χ3v) is 12.4. The minimum atomic E-state index is -1.30. The Morgan fingerprint density at radius 2 is 1.57 bits per heavy atom. The Hall–Kier alpha value is -3.14. The van der Waals surface area contributed by atoms with Crippen LogP contribution < -0.4 is 0 Å². The smallest absolute Gasteiger partial charge is 0.335 e. The van der Waals surface area contributed by atoms with Gasteiger partial charge in [0.2, 0.25) is 0 Å². The molecule has 2 heterocycles. The van der Waals surface area contributed by atoms with E-state index >= 15 is 0 Å². The summed E-state index contributed by atoms with van der Waals surface area (Å²) in [5.74, 6) is -3.32. The molecule has 11 atom stereocenters. The number of ether oxygens (including phenoxy) is 4. The number of aliphatic hydroxyl groups excluding tert-OH is 1. The van der Waals surface area contributed by atoms with Crippen molar-refractivity contribution in [1.82, 2.24) is 0 Å². The molecule has 1 saturated heterocycles. The van der Waals surface area contributed by atoms with Crippen LogP contribution in [0.4, 0.5) is 0 Å². The van der Waals surface area contributed by atoms with Crippen LogP contribution >= 0.6 is 0 Å². The highest BCUT2D eigenvalue weighted by atomic mass is 16.6. The van der Waals surface area contributed by atoms with Gasteiger partial charge in [-0.2, -0.15) is 0 Å². The van der Waals surface area contributed by atoms with Crippen LogP contribution in [0.3, 0.4) is 0 Å². The number of carbonyl (C=O) groups excluding carboxylic acids is 4. The minimum Gasteiger partial charge on any atom is -0.472 e. The maximum absolute atomic E-state index is 13.6. The highest BCUT2D eigenvalue weighted by Crippen LogP contribution is 2.73. The highest BCUT2D eigenvalue weighted by Gasteiger charge is 2.73. The van der Waals surface area contributed by atoms with Gasteiger partial charge in [-0.3, -0.25) is 14.4 Å². The Kier molecular flexibility index (Phi) is 8.80. The molecule has 1 aromatic rings. The quantitative estimate of drug-likeness (QED) is 0.225. The molecular weight excluding hydrogens is 592 g/mol. The van der Waals surface area contributed by atoms with Gasteiger partial charge in [-0.1, -0.05) is 52.7 Å². The van der Waals surface area contributed by atoms with Crippen LogP contribution in [-0.4, -0.2) is 59.0 Å². The molecule has 10 heteroatoms. The molecule has 46 heavy (non-hydrogen) atoms. The molecule has 1 aromatic heterocycles. The summed E-state index contributed by atoms with van der Waals surface area (Å²) in [6.07, 6.45) is 3.82. The third-order valence-electron chi connectivity index (χ3n) is 12.4. The molecule has 10 nitrogen and oxygen atoms in total. The van der Waals surface area contributed by atoms with E-state index in [1.54, 1.807) is 12.5 Å². The summed E-state index contributed by atoms with van der Waals surface area (Å²) in [5.41, 5.74) is -1.49. The Morgan fingerprint density at radius 1 is 0.957 bits per heavy atom. The fourth-order valence-electron chi connectivity index (χ4n) is 10.0. The van der Waals surface area contributed by atoms with Crippen LogP contribution in [0.25, 0.3) is 0 Å². The van der Waals surface area contributed by atoms with Gasteiger partial charge >= 0.3 is 23.9 Å². The number of fused-ring (bicyclic) bond motifs is 5. The van der Waals surface area contributed by atoms with Crippen molar-refractivity contribution in [1.29, 1.82) is 0 Å². The summed E-state index contributed by atoms with van der Waals surface area (Å²) >= 11 is 0. The molecule has 0 aromatic carbocycles. The first-order valence-electron chi connectivity index (χ1n) is 16.6. The van der Waals surface area contributed by atoms with Crippen LogP contribution in [0.15, 0.2) is 34.7 Å². The molecule has 2 saturated carbocycles. The standard InChI is InChI=1S/C36H50O10/c1-10-19(2)31(40)32(41)45-27-16-26-35(8,24-12-11-23(34(24,27)7)22-13-14-42-18-22)28(43-20(3)37)15-25-33(5,6)46-30(39)17-29(36(25,26)9)44-21(4)38/h12-14,18-19,23,25-29,31,40H,10-11,15-17H2,1-9H3/t19-,23-,25-,26-,27-,28+,29-,31+,34-,35-,36-/m0/s1. The highest BCUT2D eigenvalue weighted by molar-refractivity contribution is 5.75. The van der Waals surface area contributed by atoms with Gasteiger partial charge in [0, 0.05) is 41.9 Å². The average molecular weight is 643 g/mol. The number of esters is 4. The van der Waals surface area contributed by atoms with Gasteiger partial charge in [-0.25, -0.2) is 4.79 Å². The van der Waals surface area contributed by atoms with E-state index in [1.165, 1.54) is 13.8 Å². The molecular formula is C36H50O10. The number of aliphatic hydroxyl groups is 1. The zero-order valence-corrected chi connectivity index (χ0v) is 28.6. The van der Waals surface area contributed by atoms with Gasteiger partial charge in [0.1, 0.15) is 23.9 Å². The van der Waals surface area contributed by atoms with Crippen LogP contribution in [-0.2, 0) is 38.1 Å². The SMILES string of the molecule is CC[C@H](C)[C@@H](O)C(=O)O[C@H]1C[C@H]2[C@](C)(C3=CC[C@@H](c4ccoc4)[C@@]31C)[C@H](OC(C)=O)C[C@H]1C(C)(C)OC(=O)C[C@H](OC(C)=O)[C@@]12C. The molecule has 5 rings (SSSR count). The van der Waals surface area contributed by atoms with E-state index in [2.05, 4.69) is 19.9 Å². The van der Waals surface area contributed by atoms with Crippen molar-refractivity contribution in [3.63, 3.8) is 0 Å². The Labute approximate surface area is 271 Å². The van der Waals surface area contributed by atoms with Crippen molar-refractivity contribution < 1.29 is 47.6 Å². The van der Waals surface area contributed by atoms with Crippen molar-refractivity contribution in [3.8, 4) is 0 Å². The molecule has 0 bridgehead atoms. The van der Waals surface area contributed by atoms with Crippen molar-refractivity contribution >= 4 is 23.9 Å². The molecule has 0 amide bonds. The van der Waals surface area contributed by atoms with Gasteiger partial charge in [0.15, 0.2) is 6.10 Å². The summed E-state index contributed by atoms with van der Waals surface area (Å²) in [4.78, 5) is 52.2. The lowest BCUT2D eigenvalue weighted by Crippen LogP contribution is -2.69. The van der Waals surface area contributed by atoms with E-state index in [4.69, 9.17) is 23.4 Å². The van der Waals surface area contributed by atoms with Gasteiger partial charge in [-0.05, 0) is 56.6 Å². The molecule has 1 N–H and O–H groups in total. The molecule has 0 spiro atoms. The van der Waals surface area contributed by atoms with Gasteiger partial charge < -0.3 is 28.5 Å². The predicted molar refractivity (Wildman–Crippen MR) is 166 cm³/mol. The number of hydrogen-bond acceptors (Lipinski definition) is 10. The second-order valence-electron chi connectivity index (χ2n) is 15.2. The lowest BCUT2D eigenvalue weighted by atomic mass is 9.39. The summed E-state index contributed by atoms with van der Waals surface area (Å²) < 4.78 is 30.2. The molecule has 3 aliphatic carbocycles. The van der Waals surface area contributed by atoms with E-state index in [9.17, 15) is 24.3 Å². The van der Waals surface area contributed by atoms with Crippen LogP contribution in [0.2, 0.25) is 0 Å². The molecule has 3 fully saturated rings. The third kappa shape index (κ3) is 5.19. The first-order valence-corrected chi connectivity index (χ1v) is 16.6. The van der Waals surface area contributed by atoms with Gasteiger partial charge in [0.05, 0.1) is 18.9 Å². The van der Waals surface area contributed by atoms with Crippen molar-refractivity contribution in [2.45, 2.75) is 130 Å². The Balaban J connectivity index is 1.74.